The first-order chi connectivity index (χ1) is 7.04. The second-order valence-electron chi connectivity index (χ2n) is 3.89. The third-order valence-electron chi connectivity index (χ3n) is 2.97. The smallest absolute Gasteiger partial charge is 0.178 e. The molecule has 0 saturated carbocycles. The van der Waals surface area contributed by atoms with E-state index in [2.05, 4.69) is 6.92 Å². The SMILES string of the molecule is CC[C@H]1CCS(=O)(=O)c2ccc(Cl)cc21. The van der Waals surface area contributed by atoms with Crippen LogP contribution in [0.2, 0.25) is 5.02 Å². The van der Waals surface area contributed by atoms with Gasteiger partial charge in [0.15, 0.2) is 9.84 Å². The Kier molecular flexibility index (Phi) is 2.77. The van der Waals surface area contributed by atoms with Crippen LogP contribution < -0.4 is 0 Å². The summed E-state index contributed by atoms with van der Waals surface area (Å²) in [7, 11) is -3.06. The topological polar surface area (TPSA) is 34.1 Å². The zero-order valence-electron chi connectivity index (χ0n) is 8.53. The zero-order chi connectivity index (χ0) is 11.1. The van der Waals surface area contributed by atoms with Gasteiger partial charge in [0.05, 0.1) is 10.6 Å². The van der Waals surface area contributed by atoms with Gasteiger partial charge < -0.3 is 0 Å². The zero-order valence-corrected chi connectivity index (χ0v) is 10.1. The molecule has 1 atom stereocenters. The maximum Gasteiger partial charge on any atom is 0.178 e. The van der Waals surface area contributed by atoms with Crippen molar-refractivity contribution in [1.29, 1.82) is 0 Å². The van der Waals surface area contributed by atoms with Crippen molar-refractivity contribution in [1.82, 2.24) is 0 Å². The molecule has 1 aliphatic rings. The molecular formula is C11H13ClO2S. The van der Waals surface area contributed by atoms with Crippen LogP contribution in [0.4, 0.5) is 0 Å². The summed E-state index contributed by atoms with van der Waals surface area (Å²) in [6.07, 6.45) is 1.68. The third kappa shape index (κ3) is 1.91. The van der Waals surface area contributed by atoms with Crippen molar-refractivity contribution in [2.75, 3.05) is 5.75 Å². The van der Waals surface area contributed by atoms with Gasteiger partial charge in [-0.25, -0.2) is 8.42 Å². The Morgan fingerprint density at radius 1 is 1.47 bits per heavy atom. The molecule has 0 unspecified atom stereocenters. The summed E-state index contributed by atoms with van der Waals surface area (Å²) in [5, 5.41) is 0.615. The lowest BCUT2D eigenvalue weighted by Crippen LogP contribution is -2.19. The maximum absolute atomic E-state index is 11.8. The second-order valence-corrected chi connectivity index (χ2v) is 6.41. The molecule has 0 N–H and O–H groups in total. The summed E-state index contributed by atoms with van der Waals surface area (Å²) in [4.78, 5) is 0.477. The molecule has 0 bridgehead atoms. The monoisotopic (exact) mass is 244 g/mol. The third-order valence-corrected chi connectivity index (χ3v) is 5.02. The minimum atomic E-state index is -3.06. The quantitative estimate of drug-likeness (QED) is 0.761. The van der Waals surface area contributed by atoms with Crippen LogP contribution in [-0.4, -0.2) is 14.2 Å². The highest BCUT2D eigenvalue weighted by molar-refractivity contribution is 7.91. The first-order valence-electron chi connectivity index (χ1n) is 5.07. The molecule has 1 aromatic carbocycles. The molecule has 2 nitrogen and oxygen atoms in total. The normalized spacial score (nSPS) is 23.5. The van der Waals surface area contributed by atoms with Gasteiger partial charge in [0.1, 0.15) is 0 Å². The Balaban J connectivity index is 2.64. The molecule has 2 rings (SSSR count). The van der Waals surface area contributed by atoms with Crippen LogP contribution in [0.1, 0.15) is 31.2 Å². The molecule has 0 aromatic heterocycles. The number of benzene rings is 1. The van der Waals surface area contributed by atoms with Crippen LogP contribution in [0, 0.1) is 0 Å². The number of hydrogen-bond acceptors (Lipinski definition) is 2. The molecule has 1 aromatic rings. The first-order valence-corrected chi connectivity index (χ1v) is 7.10. The lowest BCUT2D eigenvalue weighted by molar-refractivity contribution is 0.557. The van der Waals surface area contributed by atoms with Gasteiger partial charge >= 0.3 is 0 Å². The van der Waals surface area contributed by atoms with Gasteiger partial charge in [-0.3, -0.25) is 0 Å². The van der Waals surface area contributed by atoms with Gasteiger partial charge in [-0.15, -0.1) is 0 Å². The molecule has 0 saturated heterocycles. The molecule has 0 radical (unpaired) electrons. The average molecular weight is 245 g/mol. The van der Waals surface area contributed by atoms with E-state index in [-0.39, 0.29) is 5.75 Å². The van der Waals surface area contributed by atoms with Crippen molar-refractivity contribution in [3.63, 3.8) is 0 Å². The molecule has 0 amide bonds. The van der Waals surface area contributed by atoms with Gasteiger partial charge in [0.2, 0.25) is 0 Å². The molecule has 0 aliphatic carbocycles. The van der Waals surface area contributed by atoms with Gasteiger partial charge in [-0.1, -0.05) is 18.5 Å². The fourth-order valence-corrected chi connectivity index (χ4v) is 3.96. The summed E-state index contributed by atoms with van der Waals surface area (Å²) in [5.41, 5.74) is 0.899. The maximum atomic E-state index is 11.8. The highest BCUT2D eigenvalue weighted by Crippen LogP contribution is 2.36. The number of hydrogen-bond donors (Lipinski definition) is 0. The van der Waals surface area contributed by atoms with Crippen molar-refractivity contribution in [2.24, 2.45) is 0 Å². The molecule has 0 spiro atoms. The van der Waals surface area contributed by atoms with Gasteiger partial charge in [0, 0.05) is 5.02 Å². The highest BCUT2D eigenvalue weighted by Gasteiger charge is 2.29. The largest absolute Gasteiger partial charge is 0.224 e. The summed E-state index contributed by atoms with van der Waals surface area (Å²) < 4.78 is 23.6. The number of sulfone groups is 1. The Hall–Kier alpha value is -0.540. The summed E-state index contributed by atoms with van der Waals surface area (Å²) in [5.74, 6) is 0.599. The summed E-state index contributed by atoms with van der Waals surface area (Å²) >= 11 is 5.90. The van der Waals surface area contributed by atoms with E-state index in [4.69, 9.17) is 11.6 Å². The van der Waals surface area contributed by atoms with Crippen LogP contribution in [0.5, 0.6) is 0 Å². The molecule has 1 aliphatic heterocycles. The van der Waals surface area contributed by atoms with E-state index in [1.807, 2.05) is 0 Å². The van der Waals surface area contributed by atoms with Crippen LogP contribution >= 0.6 is 11.6 Å². The van der Waals surface area contributed by atoms with Gasteiger partial charge in [-0.05, 0) is 42.5 Å². The second kappa shape index (κ2) is 3.80. The van der Waals surface area contributed by atoms with E-state index in [1.54, 1.807) is 18.2 Å². The van der Waals surface area contributed by atoms with Gasteiger partial charge in [0.25, 0.3) is 0 Å². The molecule has 82 valence electrons. The Labute approximate surface area is 95.2 Å². The minimum Gasteiger partial charge on any atom is -0.224 e. The van der Waals surface area contributed by atoms with Gasteiger partial charge in [-0.2, -0.15) is 0 Å². The van der Waals surface area contributed by atoms with Crippen LogP contribution in [0.3, 0.4) is 0 Å². The fourth-order valence-electron chi connectivity index (χ4n) is 2.11. The lowest BCUT2D eigenvalue weighted by atomic mass is 9.93. The van der Waals surface area contributed by atoms with E-state index in [0.29, 0.717) is 22.3 Å². The Morgan fingerprint density at radius 3 is 2.87 bits per heavy atom. The Bertz CT molecular complexity index is 479. The number of halogens is 1. The van der Waals surface area contributed by atoms with Crippen molar-refractivity contribution >= 4 is 21.4 Å². The lowest BCUT2D eigenvalue weighted by Gasteiger charge is -2.24. The van der Waals surface area contributed by atoms with Crippen molar-refractivity contribution in [3.8, 4) is 0 Å². The average Bonchev–Trinajstić information content (AvgIpc) is 2.17. The van der Waals surface area contributed by atoms with E-state index in [9.17, 15) is 8.42 Å². The molecule has 4 heteroatoms. The predicted octanol–water partition coefficient (Wildman–Crippen LogP) is 3.01. The summed E-state index contributed by atoms with van der Waals surface area (Å²) in [6, 6.07) is 5.08. The molecule has 1 heterocycles. The predicted molar refractivity (Wildman–Crippen MR) is 61.2 cm³/mol. The Morgan fingerprint density at radius 2 is 2.20 bits per heavy atom. The van der Waals surface area contributed by atoms with Crippen LogP contribution in [0.15, 0.2) is 23.1 Å². The molecule has 15 heavy (non-hydrogen) atoms. The van der Waals surface area contributed by atoms with Crippen molar-refractivity contribution in [2.45, 2.75) is 30.6 Å². The van der Waals surface area contributed by atoms with E-state index < -0.39 is 9.84 Å². The standard InChI is InChI=1S/C11H13ClO2S/c1-2-8-5-6-15(13,14)11-4-3-9(12)7-10(8)11/h3-4,7-8H,2,5-6H2,1H3/t8-/m0/s1. The van der Waals surface area contributed by atoms with E-state index in [0.717, 1.165) is 12.0 Å². The summed E-state index contributed by atoms with van der Waals surface area (Å²) in [6.45, 7) is 2.08. The van der Waals surface area contributed by atoms with Crippen molar-refractivity contribution in [3.05, 3.63) is 28.8 Å². The first kappa shape index (κ1) is 11.0. The van der Waals surface area contributed by atoms with Crippen molar-refractivity contribution < 1.29 is 8.42 Å². The van der Waals surface area contributed by atoms with Crippen LogP contribution in [0.25, 0.3) is 0 Å². The van der Waals surface area contributed by atoms with E-state index in [1.165, 1.54) is 0 Å². The minimum absolute atomic E-state index is 0.264. The highest BCUT2D eigenvalue weighted by atomic mass is 35.5. The van der Waals surface area contributed by atoms with E-state index >= 15 is 0 Å². The number of rotatable bonds is 1. The molecule has 0 fully saturated rings. The fraction of sp³-hybridized carbons (Fsp3) is 0.455. The molecular weight excluding hydrogens is 232 g/mol. The van der Waals surface area contributed by atoms with Crippen LogP contribution in [-0.2, 0) is 9.84 Å². The number of fused-ring (bicyclic) bond motifs is 1.